The van der Waals surface area contributed by atoms with Crippen molar-refractivity contribution in [3.05, 3.63) is 28.8 Å². The van der Waals surface area contributed by atoms with Gasteiger partial charge in [-0.1, -0.05) is 4.49 Å². The monoisotopic (exact) mass is 395 g/mol. The fraction of sp³-hybridized carbons (Fsp3) is 0.588. The summed E-state index contributed by atoms with van der Waals surface area (Å²) >= 11 is 0.905. The Bertz CT molecular complexity index is 943. The van der Waals surface area contributed by atoms with Gasteiger partial charge in [0.2, 0.25) is 0 Å². The van der Waals surface area contributed by atoms with Crippen molar-refractivity contribution in [2.24, 2.45) is 0 Å². The van der Waals surface area contributed by atoms with Gasteiger partial charge >= 0.3 is 0 Å². The Morgan fingerprint density at radius 2 is 2.08 bits per heavy atom. The number of hydrogen-bond acceptors (Lipinski definition) is 7. The number of piperidine rings is 1. The van der Waals surface area contributed by atoms with Gasteiger partial charge in [0.1, 0.15) is 11.5 Å². The molecule has 0 N–H and O–H groups in total. The molecule has 0 aromatic carbocycles. The van der Waals surface area contributed by atoms with Gasteiger partial charge in [-0.25, -0.2) is 8.42 Å². The average Bonchev–Trinajstić information content (AvgIpc) is 3.18. The molecule has 0 radical (unpaired) electrons. The Morgan fingerprint density at radius 3 is 2.77 bits per heavy atom. The zero-order valence-electron chi connectivity index (χ0n) is 14.8. The summed E-state index contributed by atoms with van der Waals surface area (Å²) in [7, 11) is -3.36. The maximum Gasteiger partial charge on any atom is 0.257 e. The molecular formula is C17H21N3O4S2. The molecule has 2 aliphatic rings. The van der Waals surface area contributed by atoms with Gasteiger partial charge in [0.15, 0.2) is 14.0 Å². The summed E-state index contributed by atoms with van der Waals surface area (Å²) in [5.74, 6) is 1.87. The van der Waals surface area contributed by atoms with Crippen LogP contribution in [0.3, 0.4) is 0 Å². The number of aromatic nitrogens is 2. The van der Waals surface area contributed by atoms with Crippen molar-refractivity contribution < 1.29 is 17.6 Å². The molecule has 140 valence electrons. The molecule has 7 nitrogen and oxygen atoms in total. The molecule has 9 heteroatoms. The molecule has 1 saturated carbocycles. The highest BCUT2D eigenvalue weighted by atomic mass is 32.2. The largest absolute Gasteiger partial charge is 0.465 e. The van der Waals surface area contributed by atoms with Crippen molar-refractivity contribution >= 4 is 27.3 Å². The molecule has 26 heavy (non-hydrogen) atoms. The van der Waals surface area contributed by atoms with Gasteiger partial charge in [-0.2, -0.15) is 0 Å². The molecule has 1 atom stereocenters. The zero-order chi connectivity index (χ0) is 18.5. The van der Waals surface area contributed by atoms with Crippen LogP contribution in [0, 0.1) is 6.92 Å². The first-order chi connectivity index (χ1) is 12.3. The number of amides is 1. The molecule has 1 amide bonds. The summed E-state index contributed by atoms with van der Waals surface area (Å²) in [6.45, 7) is 2.94. The van der Waals surface area contributed by atoms with Crippen LogP contribution in [-0.2, 0) is 9.84 Å². The Hall–Kier alpha value is -1.74. The third-order valence-corrected chi connectivity index (χ3v) is 7.61. The number of furan rings is 1. The Morgan fingerprint density at radius 1 is 1.31 bits per heavy atom. The lowest BCUT2D eigenvalue weighted by molar-refractivity contribution is 0.0703. The minimum absolute atomic E-state index is 0.0491. The zero-order valence-corrected chi connectivity index (χ0v) is 16.4. The smallest absolute Gasteiger partial charge is 0.257 e. The van der Waals surface area contributed by atoms with E-state index in [9.17, 15) is 13.2 Å². The highest BCUT2D eigenvalue weighted by Gasteiger charge is 2.34. The van der Waals surface area contributed by atoms with Crippen LogP contribution in [0.4, 0.5) is 0 Å². The van der Waals surface area contributed by atoms with Gasteiger partial charge < -0.3 is 9.32 Å². The lowest BCUT2D eigenvalue weighted by atomic mass is 9.95. The van der Waals surface area contributed by atoms with Gasteiger partial charge in [-0.15, -0.1) is 5.10 Å². The first-order valence-corrected chi connectivity index (χ1v) is 11.4. The van der Waals surface area contributed by atoms with E-state index in [1.54, 1.807) is 4.90 Å². The minimum Gasteiger partial charge on any atom is -0.465 e. The molecule has 0 unspecified atom stereocenters. The van der Waals surface area contributed by atoms with Crippen LogP contribution in [0.5, 0.6) is 0 Å². The molecule has 2 aromatic rings. The molecule has 1 aliphatic heterocycles. The van der Waals surface area contributed by atoms with Crippen LogP contribution in [0.2, 0.25) is 0 Å². The second kappa shape index (κ2) is 6.45. The number of sulfone groups is 1. The van der Waals surface area contributed by atoms with E-state index in [0.717, 1.165) is 43.0 Å². The maximum atomic E-state index is 13.0. The van der Waals surface area contributed by atoms with Gasteiger partial charge in [0.05, 0.1) is 11.3 Å². The minimum atomic E-state index is -3.36. The fourth-order valence-electron chi connectivity index (χ4n) is 3.54. The number of carbonyl (C=O) groups is 1. The Balaban J connectivity index is 1.55. The third kappa shape index (κ3) is 3.29. The van der Waals surface area contributed by atoms with Crippen molar-refractivity contribution in [3.63, 3.8) is 0 Å². The topological polar surface area (TPSA) is 93.4 Å². The number of nitrogens with zero attached hydrogens (tertiary/aromatic N) is 3. The quantitative estimate of drug-likeness (QED) is 0.790. The normalized spacial score (nSPS) is 21.2. The van der Waals surface area contributed by atoms with Crippen molar-refractivity contribution in [2.75, 3.05) is 19.3 Å². The van der Waals surface area contributed by atoms with Crippen molar-refractivity contribution in [2.45, 2.75) is 48.7 Å². The molecule has 4 rings (SSSR count). The summed E-state index contributed by atoms with van der Waals surface area (Å²) in [5, 5.41) is 4.06. The fourth-order valence-corrected chi connectivity index (χ4v) is 5.27. The van der Waals surface area contributed by atoms with Gasteiger partial charge in [-0.05, 0) is 38.7 Å². The molecule has 0 spiro atoms. The summed E-state index contributed by atoms with van der Waals surface area (Å²) in [6, 6.07) is 1.88. The molecular weight excluding hydrogens is 374 g/mol. The van der Waals surface area contributed by atoms with E-state index in [2.05, 4.69) is 9.59 Å². The molecule has 2 aromatic heterocycles. The summed E-state index contributed by atoms with van der Waals surface area (Å²) < 4.78 is 33.7. The molecule has 1 aliphatic carbocycles. The predicted molar refractivity (Wildman–Crippen MR) is 96.3 cm³/mol. The average molecular weight is 396 g/mol. The first kappa shape index (κ1) is 17.7. The van der Waals surface area contributed by atoms with Gasteiger partial charge in [-0.3, -0.25) is 4.79 Å². The Kier molecular flexibility index (Phi) is 4.38. The summed E-state index contributed by atoms with van der Waals surface area (Å²) in [6.07, 6.45) is 5.03. The lowest BCUT2D eigenvalue weighted by Gasteiger charge is -2.32. The van der Waals surface area contributed by atoms with Crippen LogP contribution < -0.4 is 0 Å². The van der Waals surface area contributed by atoms with E-state index in [4.69, 9.17) is 4.42 Å². The van der Waals surface area contributed by atoms with E-state index >= 15 is 0 Å². The standard InChI is InChI=1S/C17H21N3O4S2/c1-10-13(8-14(24-10)11-5-6-11)16(21)20-7-3-4-12(9-20)15-17(25-19-18-15)26(2,22)23/h8,11-12H,3-7,9H2,1-2H3/t12-/m1/s1. The molecule has 1 saturated heterocycles. The van der Waals surface area contributed by atoms with Crippen LogP contribution in [-0.4, -0.2) is 48.2 Å². The van der Waals surface area contributed by atoms with E-state index in [1.165, 1.54) is 6.26 Å². The molecule has 3 heterocycles. The van der Waals surface area contributed by atoms with E-state index in [-0.39, 0.29) is 16.0 Å². The molecule has 0 bridgehead atoms. The molecule has 2 fully saturated rings. The third-order valence-electron chi connectivity index (χ3n) is 5.06. The first-order valence-electron chi connectivity index (χ1n) is 8.76. The summed E-state index contributed by atoms with van der Waals surface area (Å²) in [5.41, 5.74) is 1.12. The summed E-state index contributed by atoms with van der Waals surface area (Å²) in [4.78, 5) is 14.8. The number of rotatable bonds is 4. The second-order valence-corrected chi connectivity index (χ2v) is 10.2. The maximum absolute atomic E-state index is 13.0. The highest BCUT2D eigenvalue weighted by Crippen LogP contribution is 2.42. The van der Waals surface area contributed by atoms with Crippen LogP contribution >= 0.6 is 11.5 Å². The van der Waals surface area contributed by atoms with E-state index in [0.29, 0.717) is 36.0 Å². The predicted octanol–water partition coefficient (Wildman–Crippen LogP) is 2.74. The van der Waals surface area contributed by atoms with Crippen molar-refractivity contribution in [1.82, 2.24) is 14.5 Å². The second-order valence-electron chi connectivity index (χ2n) is 7.20. The van der Waals surface area contributed by atoms with Gasteiger partial charge in [0, 0.05) is 42.7 Å². The number of aryl methyl sites for hydroxylation is 1. The van der Waals surface area contributed by atoms with Gasteiger partial charge in [0.25, 0.3) is 5.91 Å². The van der Waals surface area contributed by atoms with Crippen molar-refractivity contribution in [3.8, 4) is 0 Å². The number of likely N-dealkylation sites (tertiary alicyclic amines) is 1. The van der Waals surface area contributed by atoms with Crippen LogP contribution in [0.25, 0.3) is 0 Å². The number of hydrogen-bond donors (Lipinski definition) is 0. The lowest BCUT2D eigenvalue weighted by Crippen LogP contribution is -2.39. The van der Waals surface area contributed by atoms with E-state index in [1.807, 2.05) is 13.0 Å². The number of carbonyl (C=O) groups excluding carboxylic acids is 1. The van der Waals surface area contributed by atoms with Crippen LogP contribution in [0.1, 0.15) is 65.1 Å². The van der Waals surface area contributed by atoms with E-state index < -0.39 is 9.84 Å². The Labute approximate surface area is 156 Å². The van der Waals surface area contributed by atoms with Crippen molar-refractivity contribution in [1.29, 1.82) is 0 Å². The highest BCUT2D eigenvalue weighted by molar-refractivity contribution is 7.92. The SMILES string of the molecule is Cc1oc(C2CC2)cc1C(=O)N1CCC[C@@H](c2nnsc2S(C)(=O)=O)C1. The van der Waals surface area contributed by atoms with Crippen LogP contribution in [0.15, 0.2) is 14.7 Å².